The van der Waals surface area contributed by atoms with Crippen LogP contribution in [0.15, 0.2) is 24.3 Å². The number of likely N-dealkylation sites (tertiary alicyclic amines) is 1. The molecule has 1 aromatic rings. The van der Waals surface area contributed by atoms with Crippen molar-refractivity contribution in [1.82, 2.24) is 20.9 Å². The van der Waals surface area contributed by atoms with E-state index < -0.39 is 18.2 Å². The number of benzene rings is 1. The molecule has 1 aromatic carbocycles. The van der Waals surface area contributed by atoms with E-state index in [9.17, 15) is 19.5 Å². The van der Waals surface area contributed by atoms with Crippen LogP contribution in [0.25, 0.3) is 0 Å². The van der Waals surface area contributed by atoms with Crippen LogP contribution in [0.5, 0.6) is 5.75 Å². The Labute approximate surface area is 263 Å². The number of hydrogen-bond acceptors (Lipinski definition) is 7. The Balaban J connectivity index is 1.57. The number of carbonyl (C=O) groups is 3. The summed E-state index contributed by atoms with van der Waals surface area (Å²) in [4.78, 5) is 42.0. The van der Waals surface area contributed by atoms with Crippen LogP contribution in [0.2, 0.25) is 0 Å². The van der Waals surface area contributed by atoms with Crippen LogP contribution < -0.4 is 20.7 Å². The van der Waals surface area contributed by atoms with Crippen LogP contribution in [0.3, 0.4) is 0 Å². The quantitative estimate of drug-likeness (QED) is 0.402. The van der Waals surface area contributed by atoms with Crippen molar-refractivity contribution in [2.45, 2.75) is 109 Å². The molecule has 3 amide bonds. The molecule has 10 nitrogen and oxygen atoms in total. The van der Waals surface area contributed by atoms with Gasteiger partial charge in [0, 0.05) is 25.0 Å². The predicted molar refractivity (Wildman–Crippen MR) is 169 cm³/mol. The highest BCUT2D eigenvalue weighted by Crippen LogP contribution is 2.39. The van der Waals surface area contributed by atoms with Gasteiger partial charge in [-0.05, 0) is 75.5 Å². The van der Waals surface area contributed by atoms with Gasteiger partial charge in [0.2, 0.25) is 17.7 Å². The van der Waals surface area contributed by atoms with Crippen LogP contribution in [0, 0.1) is 17.8 Å². The lowest BCUT2D eigenvalue weighted by molar-refractivity contribution is -0.134. The lowest BCUT2D eigenvalue weighted by atomic mass is 9.72. The number of β-amino-alcohol motifs (C(OH)–C–C–N with tert-alkyl or cyclic N) is 1. The number of carbonyl (C=O) groups excluding carboxylic acids is 3. The molecule has 0 unspecified atom stereocenters. The van der Waals surface area contributed by atoms with Gasteiger partial charge in [-0.3, -0.25) is 19.3 Å². The van der Waals surface area contributed by atoms with Crippen molar-refractivity contribution >= 4 is 17.7 Å². The molecule has 1 aliphatic carbocycles. The normalized spacial score (nSPS) is 28.7. The summed E-state index contributed by atoms with van der Waals surface area (Å²) in [6, 6.07) is 5.89. The molecule has 4 aliphatic rings. The first-order chi connectivity index (χ1) is 20.9. The van der Waals surface area contributed by atoms with Crippen molar-refractivity contribution in [1.29, 1.82) is 0 Å². The van der Waals surface area contributed by atoms with Gasteiger partial charge in [0.15, 0.2) is 0 Å². The minimum absolute atomic E-state index is 0.00572. The number of aliphatic hydroxyl groups is 1. The van der Waals surface area contributed by atoms with Gasteiger partial charge in [0.25, 0.3) is 0 Å². The van der Waals surface area contributed by atoms with E-state index in [0.717, 1.165) is 31.4 Å². The van der Waals surface area contributed by atoms with E-state index in [-0.39, 0.29) is 54.8 Å². The van der Waals surface area contributed by atoms with Crippen molar-refractivity contribution in [3.05, 3.63) is 29.8 Å². The second-order valence-electron chi connectivity index (χ2n) is 14.3. The molecular weight excluding hydrogens is 560 g/mol. The highest BCUT2D eigenvalue weighted by atomic mass is 16.5. The average molecular weight is 615 g/mol. The maximum atomic E-state index is 13.7. The second kappa shape index (κ2) is 15.5. The third kappa shape index (κ3) is 9.91. The van der Waals surface area contributed by atoms with Crippen molar-refractivity contribution in [2.75, 3.05) is 32.9 Å². The molecule has 0 spiro atoms. The Morgan fingerprint density at radius 2 is 1.75 bits per heavy atom. The van der Waals surface area contributed by atoms with E-state index in [4.69, 9.17) is 9.47 Å². The van der Waals surface area contributed by atoms with Gasteiger partial charge in [-0.1, -0.05) is 45.2 Å². The van der Waals surface area contributed by atoms with Gasteiger partial charge >= 0.3 is 0 Å². The van der Waals surface area contributed by atoms with E-state index >= 15 is 0 Å². The van der Waals surface area contributed by atoms with Gasteiger partial charge in [-0.15, -0.1) is 0 Å². The van der Waals surface area contributed by atoms with Crippen LogP contribution in [0.4, 0.5) is 0 Å². The summed E-state index contributed by atoms with van der Waals surface area (Å²) in [7, 11) is 0. The summed E-state index contributed by atoms with van der Waals surface area (Å²) < 4.78 is 11.3. The Bertz CT molecular complexity index is 1100. The molecule has 0 aromatic heterocycles. The van der Waals surface area contributed by atoms with Crippen molar-refractivity contribution in [2.24, 2.45) is 17.8 Å². The smallest absolute Gasteiger partial charge is 0.243 e. The number of hydrogen-bond donors (Lipinski definition) is 4. The molecule has 0 radical (unpaired) electrons. The molecule has 10 heteroatoms. The number of nitrogens with zero attached hydrogens (tertiary/aromatic N) is 1. The maximum absolute atomic E-state index is 13.7. The second-order valence-corrected chi connectivity index (χ2v) is 14.3. The summed E-state index contributed by atoms with van der Waals surface area (Å²) in [5, 5.41) is 20.9. The Hall–Kier alpha value is -2.69. The third-order valence-electron chi connectivity index (χ3n) is 9.13. The lowest BCUT2D eigenvalue weighted by Gasteiger charge is -2.47. The van der Waals surface area contributed by atoms with Gasteiger partial charge in [0.05, 0.1) is 31.4 Å². The van der Waals surface area contributed by atoms with Crippen LogP contribution in [-0.2, 0) is 25.5 Å². The van der Waals surface area contributed by atoms with E-state index in [2.05, 4.69) is 20.9 Å². The summed E-state index contributed by atoms with van der Waals surface area (Å²) in [6.45, 7) is 11.7. The molecule has 5 rings (SSSR count). The first kappa shape index (κ1) is 34.2. The summed E-state index contributed by atoms with van der Waals surface area (Å²) in [5.74, 6) is 0.941. The van der Waals surface area contributed by atoms with Crippen molar-refractivity contribution in [3.8, 4) is 5.75 Å². The van der Waals surface area contributed by atoms with E-state index in [1.165, 1.54) is 12.8 Å². The van der Waals surface area contributed by atoms with Gasteiger partial charge < -0.3 is 30.5 Å². The minimum Gasteiger partial charge on any atom is -0.491 e. The number of piperidine rings is 1. The molecule has 2 fully saturated rings. The zero-order valence-corrected chi connectivity index (χ0v) is 27.3. The van der Waals surface area contributed by atoms with Crippen molar-refractivity contribution in [3.63, 3.8) is 0 Å². The molecular formula is C34H54N4O6. The molecule has 6 atom stereocenters. The molecule has 4 N–H and O–H groups in total. The number of rotatable bonds is 5. The average Bonchev–Trinajstić information content (AvgIpc) is 2.96. The van der Waals surface area contributed by atoms with Gasteiger partial charge in [0.1, 0.15) is 18.4 Å². The number of aliphatic hydroxyl groups excluding tert-OH is 1. The zero-order valence-electron chi connectivity index (χ0n) is 27.3. The standard InChI is InChI=1S/C34H54N4O6/c1-22(2)31-33(42)35-27(18-23-10-12-26(13-11-23)44-17-16-43-15-14-30(40)36-31)29(39)21-38-20-25-9-7-6-8-24(25)19-28(38)32(41)37-34(3,4)5/h10-13,22,24-25,27-29,31,39H,6-9,14-21H2,1-5H3,(H,35,42)(H,36,40)(H,37,41)/t24-,25+,27-,28-,29+,31-/m0/s1. The van der Waals surface area contributed by atoms with E-state index in [1.807, 2.05) is 58.9 Å². The fraction of sp³-hybridized carbons (Fsp3) is 0.735. The summed E-state index contributed by atoms with van der Waals surface area (Å²) in [5.41, 5.74) is 0.569. The Morgan fingerprint density at radius 1 is 1.05 bits per heavy atom. The number of ether oxygens (including phenoxy) is 2. The maximum Gasteiger partial charge on any atom is 0.243 e. The Morgan fingerprint density at radius 3 is 2.43 bits per heavy atom. The molecule has 1 saturated carbocycles. The zero-order chi connectivity index (χ0) is 31.9. The number of amides is 3. The van der Waals surface area contributed by atoms with Crippen LogP contribution in [-0.4, -0.2) is 90.4 Å². The van der Waals surface area contributed by atoms with Crippen LogP contribution >= 0.6 is 0 Å². The highest BCUT2D eigenvalue weighted by Gasteiger charge is 2.42. The largest absolute Gasteiger partial charge is 0.491 e. The van der Waals surface area contributed by atoms with Gasteiger partial charge in [-0.2, -0.15) is 0 Å². The lowest BCUT2D eigenvalue weighted by Crippen LogP contribution is -2.61. The summed E-state index contributed by atoms with van der Waals surface area (Å²) >= 11 is 0. The molecule has 2 bridgehead atoms. The fourth-order valence-corrected chi connectivity index (χ4v) is 6.79. The van der Waals surface area contributed by atoms with E-state index in [0.29, 0.717) is 37.2 Å². The summed E-state index contributed by atoms with van der Waals surface area (Å²) in [6.07, 6.45) is 5.04. The molecule has 3 aliphatic heterocycles. The third-order valence-corrected chi connectivity index (χ3v) is 9.13. The monoisotopic (exact) mass is 614 g/mol. The van der Waals surface area contributed by atoms with E-state index in [1.54, 1.807) is 0 Å². The van der Waals surface area contributed by atoms with Crippen LogP contribution in [0.1, 0.15) is 78.7 Å². The molecule has 246 valence electrons. The minimum atomic E-state index is -0.945. The first-order valence-corrected chi connectivity index (χ1v) is 16.5. The predicted octanol–water partition coefficient (Wildman–Crippen LogP) is 2.81. The number of nitrogens with one attached hydrogen (secondary N) is 3. The van der Waals surface area contributed by atoms with Crippen molar-refractivity contribution < 1.29 is 29.0 Å². The first-order valence-electron chi connectivity index (χ1n) is 16.5. The molecule has 1 saturated heterocycles. The number of fused-ring (bicyclic) bond motifs is 15. The molecule has 44 heavy (non-hydrogen) atoms. The Kier molecular flexibility index (Phi) is 12.1. The van der Waals surface area contributed by atoms with Gasteiger partial charge in [-0.25, -0.2) is 0 Å². The SMILES string of the molecule is CC(C)[C@@H]1NC(=O)CCOCCOc2ccc(cc2)C[C@@H]([C@H](O)CN2C[C@H]3CCCC[C@H]3C[C@H]2C(=O)NC(C)(C)C)NC1=O. The molecule has 3 heterocycles. The topological polar surface area (TPSA) is 129 Å². The fourth-order valence-electron chi connectivity index (χ4n) is 6.79. The highest BCUT2D eigenvalue weighted by molar-refractivity contribution is 5.88.